The molecule has 0 saturated carbocycles. The van der Waals surface area contributed by atoms with Crippen LogP contribution >= 0.6 is 0 Å². The van der Waals surface area contributed by atoms with Gasteiger partial charge in [0, 0.05) is 18.8 Å². The molecule has 0 radical (unpaired) electrons. The zero-order chi connectivity index (χ0) is 15.7. The van der Waals surface area contributed by atoms with E-state index < -0.39 is 0 Å². The first-order valence-corrected chi connectivity index (χ1v) is 8.57. The Labute approximate surface area is 132 Å². The van der Waals surface area contributed by atoms with Gasteiger partial charge in [0.2, 0.25) is 0 Å². The third kappa shape index (κ3) is 6.84. The molecule has 21 heavy (non-hydrogen) atoms. The van der Waals surface area contributed by atoms with Gasteiger partial charge in [0.1, 0.15) is 0 Å². The van der Waals surface area contributed by atoms with E-state index in [0.717, 1.165) is 31.8 Å². The van der Waals surface area contributed by atoms with E-state index in [2.05, 4.69) is 63.4 Å². The minimum Gasteiger partial charge on any atom is -0.375 e. The molecule has 118 valence electrons. The van der Waals surface area contributed by atoms with Crippen molar-refractivity contribution in [2.75, 3.05) is 13.1 Å². The number of hydrogen-bond acceptors (Lipinski definition) is 1. The molecule has 0 heterocycles. The normalized spacial score (nSPS) is 10.9. The fourth-order valence-electron chi connectivity index (χ4n) is 2.73. The largest absolute Gasteiger partial charge is 0.375 e. The first kappa shape index (κ1) is 17.8. The molecule has 1 rings (SSSR count). The lowest BCUT2D eigenvalue weighted by Crippen LogP contribution is -2.24. The minimum atomic E-state index is 0.729. The van der Waals surface area contributed by atoms with Crippen LogP contribution in [0.1, 0.15) is 58.1 Å². The van der Waals surface area contributed by atoms with Crippen molar-refractivity contribution in [3.05, 3.63) is 47.7 Å². The predicted molar refractivity (Wildman–Crippen MR) is 94.6 cm³/mol. The van der Waals surface area contributed by atoms with Crippen LogP contribution in [0, 0.1) is 5.92 Å². The maximum atomic E-state index is 4.29. The number of allylic oxidation sites excluding steroid dienone is 1. The molecular weight excluding hydrogens is 254 g/mol. The van der Waals surface area contributed by atoms with E-state index in [4.69, 9.17) is 0 Å². The number of rotatable bonds is 10. The summed E-state index contributed by atoms with van der Waals surface area (Å²) in [4.78, 5) is 2.45. The quantitative estimate of drug-likeness (QED) is 0.553. The van der Waals surface area contributed by atoms with E-state index in [1.807, 2.05) is 0 Å². The topological polar surface area (TPSA) is 3.24 Å². The third-order valence-corrected chi connectivity index (χ3v) is 3.80. The smallest absolute Gasteiger partial charge is 0.0172 e. The Balaban J connectivity index is 2.48. The van der Waals surface area contributed by atoms with Crippen molar-refractivity contribution in [1.82, 2.24) is 4.90 Å². The highest BCUT2D eigenvalue weighted by Gasteiger charge is 2.06. The molecule has 1 aromatic carbocycles. The van der Waals surface area contributed by atoms with E-state index in [0.29, 0.717) is 0 Å². The molecule has 0 saturated heterocycles. The molecule has 0 spiro atoms. The van der Waals surface area contributed by atoms with Gasteiger partial charge >= 0.3 is 0 Å². The van der Waals surface area contributed by atoms with Crippen LogP contribution in [-0.4, -0.2) is 18.0 Å². The molecule has 1 heteroatoms. The second-order valence-electron chi connectivity index (χ2n) is 6.47. The molecule has 1 nitrogen and oxygen atoms in total. The molecule has 0 aliphatic rings. The van der Waals surface area contributed by atoms with Crippen molar-refractivity contribution in [3.8, 4) is 0 Å². The summed E-state index contributed by atoms with van der Waals surface area (Å²) in [6, 6.07) is 9.14. The third-order valence-electron chi connectivity index (χ3n) is 3.80. The summed E-state index contributed by atoms with van der Waals surface area (Å²) in [5.41, 5.74) is 4.17. The summed E-state index contributed by atoms with van der Waals surface area (Å²) >= 11 is 0. The Kier molecular flexibility index (Phi) is 8.19. The van der Waals surface area contributed by atoms with Gasteiger partial charge in [0.05, 0.1) is 0 Å². The van der Waals surface area contributed by atoms with E-state index in [1.165, 1.54) is 36.1 Å². The Morgan fingerprint density at radius 2 is 1.52 bits per heavy atom. The highest BCUT2D eigenvalue weighted by Crippen LogP contribution is 2.15. The summed E-state index contributed by atoms with van der Waals surface area (Å²) in [6.07, 6.45) is 5.74. The van der Waals surface area contributed by atoms with Crippen molar-refractivity contribution in [2.24, 2.45) is 5.92 Å². The van der Waals surface area contributed by atoms with Gasteiger partial charge in [-0.25, -0.2) is 0 Å². The van der Waals surface area contributed by atoms with Crippen LogP contribution in [-0.2, 0) is 12.8 Å². The van der Waals surface area contributed by atoms with E-state index in [9.17, 15) is 0 Å². The second-order valence-corrected chi connectivity index (χ2v) is 6.47. The predicted octanol–water partition coefficient (Wildman–Crippen LogP) is 5.45. The SMILES string of the molecule is C=C(CCc1ccc(CC(C)C)cc1)N(CCC)CCC. The molecule has 0 amide bonds. The average Bonchev–Trinajstić information content (AvgIpc) is 2.45. The van der Waals surface area contributed by atoms with Crippen LogP contribution in [0.2, 0.25) is 0 Å². The zero-order valence-corrected chi connectivity index (χ0v) is 14.5. The Hall–Kier alpha value is -1.24. The molecule has 0 aliphatic heterocycles. The van der Waals surface area contributed by atoms with Crippen LogP contribution in [0.15, 0.2) is 36.5 Å². The van der Waals surface area contributed by atoms with Gasteiger partial charge in [-0.2, -0.15) is 0 Å². The van der Waals surface area contributed by atoms with E-state index in [1.54, 1.807) is 0 Å². The molecule has 0 fully saturated rings. The fraction of sp³-hybridized carbons (Fsp3) is 0.600. The molecule has 0 atom stereocenters. The molecule has 0 aliphatic carbocycles. The van der Waals surface area contributed by atoms with Crippen LogP contribution in [0.3, 0.4) is 0 Å². The van der Waals surface area contributed by atoms with Crippen molar-refractivity contribution in [2.45, 2.75) is 59.8 Å². The van der Waals surface area contributed by atoms with Crippen LogP contribution in [0.5, 0.6) is 0 Å². The van der Waals surface area contributed by atoms with Crippen molar-refractivity contribution in [1.29, 1.82) is 0 Å². The Bertz CT molecular complexity index is 396. The molecule has 0 N–H and O–H groups in total. The molecular formula is C20H33N. The number of hydrogen-bond donors (Lipinski definition) is 0. The van der Waals surface area contributed by atoms with Crippen LogP contribution < -0.4 is 0 Å². The number of aryl methyl sites for hydroxylation is 1. The summed E-state index contributed by atoms with van der Waals surface area (Å²) in [5.74, 6) is 0.729. The highest BCUT2D eigenvalue weighted by atomic mass is 15.1. The maximum absolute atomic E-state index is 4.29. The van der Waals surface area contributed by atoms with Gasteiger partial charge in [0.15, 0.2) is 0 Å². The monoisotopic (exact) mass is 287 g/mol. The van der Waals surface area contributed by atoms with Crippen molar-refractivity contribution >= 4 is 0 Å². The molecule has 0 bridgehead atoms. The molecule has 1 aromatic rings. The lowest BCUT2D eigenvalue weighted by Gasteiger charge is -2.26. The Morgan fingerprint density at radius 1 is 1.00 bits per heavy atom. The standard InChI is InChI=1S/C20H33N/c1-6-14-21(15-7-2)18(5)8-9-19-10-12-20(13-11-19)16-17(3)4/h10-13,17H,5-9,14-16H2,1-4H3. The van der Waals surface area contributed by atoms with E-state index in [-0.39, 0.29) is 0 Å². The highest BCUT2D eigenvalue weighted by molar-refractivity contribution is 5.23. The summed E-state index contributed by atoms with van der Waals surface area (Å²) < 4.78 is 0. The first-order valence-electron chi connectivity index (χ1n) is 8.57. The van der Waals surface area contributed by atoms with Crippen molar-refractivity contribution < 1.29 is 0 Å². The number of benzene rings is 1. The average molecular weight is 287 g/mol. The van der Waals surface area contributed by atoms with Gasteiger partial charge in [-0.15, -0.1) is 0 Å². The van der Waals surface area contributed by atoms with Crippen LogP contribution in [0.25, 0.3) is 0 Å². The minimum absolute atomic E-state index is 0.729. The maximum Gasteiger partial charge on any atom is 0.0172 e. The zero-order valence-electron chi connectivity index (χ0n) is 14.5. The van der Waals surface area contributed by atoms with Crippen LogP contribution in [0.4, 0.5) is 0 Å². The lowest BCUT2D eigenvalue weighted by molar-refractivity contribution is 0.334. The molecule has 0 aromatic heterocycles. The summed E-state index contributed by atoms with van der Waals surface area (Å²) in [7, 11) is 0. The van der Waals surface area contributed by atoms with Gasteiger partial charge < -0.3 is 4.90 Å². The fourth-order valence-corrected chi connectivity index (χ4v) is 2.73. The van der Waals surface area contributed by atoms with Crippen molar-refractivity contribution in [3.63, 3.8) is 0 Å². The molecule has 0 unspecified atom stereocenters. The van der Waals surface area contributed by atoms with E-state index >= 15 is 0 Å². The summed E-state index contributed by atoms with van der Waals surface area (Å²) in [5, 5.41) is 0. The van der Waals surface area contributed by atoms with Gasteiger partial charge in [-0.3, -0.25) is 0 Å². The van der Waals surface area contributed by atoms with Gasteiger partial charge in [0.25, 0.3) is 0 Å². The summed E-state index contributed by atoms with van der Waals surface area (Å²) in [6.45, 7) is 15.6. The van der Waals surface area contributed by atoms with Gasteiger partial charge in [-0.1, -0.05) is 58.5 Å². The first-order chi connectivity index (χ1) is 10.1. The lowest BCUT2D eigenvalue weighted by atomic mass is 10.00. The number of nitrogens with zero attached hydrogens (tertiary/aromatic N) is 1. The Morgan fingerprint density at radius 3 is 2.00 bits per heavy atom. The van der Waals surface area contributed by atoms with Gasteiger partial charge in [-0.05, 0) is 49.1 Å². The second kappa shape index (κ2) is 9.65.